The van der Waals surface area contributed by atoms with Gasteiger partial charge in [0.05, 0.1) is 6.10 Å². The molecule has 4 nitrogen and oxygen atoms in total. The smallest absolute Gasteiger partial charge is 0.194 e. The summed E-state index contributed by atoms with van der Waals surface area (Å²) in [6, 6.07) is 0. The Balaban J connectivity index is 2.16. The van der Waals surface area contributed by atoms with E-state index < -0.39 is 0 Å². The number of β-amino-alcohol motifs (C(OH)–C–C–N with tert-alkyl or cyclic N) is 1. The standard InChI is InChI=1S/C16H33N3O/c1-3-5-6-7-8-9-10-12-18-16(17-4-2)19-13-11-15(20)14-19/h15,20H,3-14H2,1-2H3,(H,17,18)/t15-/m1/s1. The minimum absolute atomic E-state index is 0.183. The Morgan fingerprint density at radius 1 is 1.15 bits per heavy atom. The zero-order valence-electron chi connectivity index (χ0n) is 13.4. The fourth-order valence-corrected chi connectivity index (χ4v) is 2.61. The molecule has 0 aromatic carbocycles. The summed E-state index contributed by atoms with van der Waals surface area (Å²) in [7, 11) is 0. The summed E-state index contributed by atoms with van der Waals surface area (Å²) in [4.78, 5) is 6.86. The van der Waals surface area contributed by atoms with E-state index in [0.717, 1.165) is 38.6 Å². The second-order valence-electron chi connectivity index (χ2n) is 5.75. The molecular formula is C16H33N3O. The van der Waals surface area contributed by atoms with Crippen LogP contribution in [0.3, 0.4) is 0 Å². The Labute approximate surface area is 124 Å². The quantitative estimate of drug-likeness (QED) is 0.388. The second-order valence-corrected chi connectivity index (χ2v) is 5.75. The van der Waals surface area contributed by atoms with Crippen LogP contribution < -0.4 is 5.32 Å². The van der Waals surface area contributed by atoms with Crippen molar-refractivity contribution >= 4 is 5.96 Å². The van der Waals surface area contributed by atoms with Crippen LogP contribution in [0.15, 0.2) is 4.99 Å². The molecule has 0 saturated carbocycles. The third-order valence-electron chi connectivity index (χ3n) is 3.82. The predicted molar refractivity (Wildman–Crippen MR) is 86.2 cm³/mol. The van der Waals surface area contributed by atoms with E-state index in [1.807, 2.05) is 0 Å². The van der Waals surface area contributed by atoms with Crippen LogP contribution in [0.2, 0.25) is 0 Å². The average Bonchev–Trinajstić information content (AvgIpc) is 2.87. The van der Waals surface area contributed by atoms with E-state index in [4.69, 9.17) is 0 Å². The van der Waals surface area contributed by atoms with Gasteiger partial charge in [-0.1, -0.05) is 45.4 Å². The molecule has 0 amide bonds. The molecule has 1 fully saturated rings. The number of nitrogens with zero attached hydrogens (tertiary/aromatic N) is 2. The Morgan fingerprint density at radius 3 is 2.45 bits per heavy atom. The summed E-state index contributed by atoms with van der Waals surface area (Å²) >= 11 is 0. The van der Waals surface area contributed by atoms with E-state index in [9.17, 15) is 5.11 Å². The number of likely N-dealkylation sites (tertiary alicyclic amines) is 1. The number of aliphatic hydroxyl groups is 1. The fourth-order valence-electron chi connectivity index (χ4n) is 2.61. The zero-order chi connectivity index (χ0) is 14.6. The van der Waals surface area contributed by atoms with Crippen LogP contribution in [0.25, 0.3) is 0 Å². The van der Waals surface area contributed by atoms with E-state index in [0.29, 0.717) is 0 Å². The van der Waals surface area contributed by atoms with Gasteiger partial charge >= 0.3 is 0 Å². The van der Waals surface area contributed by atoms with E-state index in [1.54, 1.807) is 0 Å². The first kappa shape index (κ1) is 17.3. The normalized spacial score (nSPS) is 19.6. The molecule has 0 spiro atoms. The summed E-state index contributed by atoms with van der Waals surface area (Å²) in [6.45, 7) is 7.79. The number of nitrogens with one attached hydrogen (secondary N) is 1. The maximum atomic E-state index is 9.60. The molecule has 1 aliphatic rings. The molecule has 0 aromatic heterocycles. The highest BCUT2D eigenvalue weighted by Crippen LogP contribution is 2.10. The van der Waals surface area contributed by atoms with Crippen LogP contribution >= 0.6 is 0 Å². The lowest BCUT2D eigenvalue weighted by Crippen LogP contribution is -2.40. The topological polar surface area (TPSA) is 47.9 Å². The molecule has 1 rings (SSSR count). The van der Waals surface area contributed by atoms with Gasteiger partial charge in [0.2, 0.25) is 0 Å². The monoisotopic (exact) mass is 283 g/mol. The average molecular weight is 283 g/mol. The highest BCUT2D eigenvalue weighted by Gasteiger charge is 2.22. The summed E-state index contributed by atoms with van der Waals surface area (Å²) in [5.74, 6) is 0.982. The highest BCUT2D eigenvalue weighted by atomic mass is 16.3. The van der Waals surface area contributed by atoms with Gasteiger partial charge in [0.1, 0.15) is 0 Å². The summed E-state index contributed by atoms with van der Waals surface area (Å²) in [6.07, 6.45) is 9.93. The number of rotatable bonds is 9. The van der Waals surface area contributed by atoms with Crippen molar-refractivity contribution in [3.8, 4) is 0 Å². The molecule has 1 aliphatic heterocycles. The van der Waals surface area contributed by atoms with Crippen LogP contribution in [0.1, 0.15) is 65.2 Å². The Bertz CT molecular complexity index is 268. The van der Waals surface area contributed by atoms with Crippen molar-refractivity contribution < 1.29 is 5.11 Å². The Kier molecular flexibility index (Phi) is 9.46. The molecule has 1 heterocycles. The third-order valence-corrected chi connectivity index (χ3v) is 3.82. The molecule has 0 bridgehead atoms. The number of unbranched alkanes of at least 4 members (excludes halogenated alkanes) is 6. The SMILES string of the molecule is CCCCCCCCCN=C(NCC)N1CC[C@@H](O)C1. The van der Waals surface area contributed by atoms with Crippen molar-refractivity contribution in [1.29, 1.82) is 0 Å². The van der Waals surface area contributed by atoms with Gasteiger partial charge < -0.3 is 15.3 Å². The van der Waals surface area contributed by atoms with Crippen molar-refractivity contribution in [2.24, 2.45) is 4.99 Å². The lowest BCUT2D eigenvalue weighted by Gasteiger charge is -2.20. The van der Waals surface area contributed by atoms with Crippen LogP contribution in [-0.2, 0) is 0 Å². The van der Waals surface area contributed by atoms with E-state index in [2.05, 4.69) is 29.1 Å². The first-order valence-corrected chi connectivity index (χ1v) is 8.49. The molecule has 0 unspecified atom stereocenters. The van der Waals surface area contributed by atoms with Crippen molar-refractivity contribution in [2.75, 3.05) is 26.2 Å². The number of hydrogen-bond donors (Lipinski definition) is 2. The number of aliphatic imine (C=N–C) groups is 1. The zero-order valence-corrected chi connectivity index (χ0v) is 13.4. The summed E-state index contributed by atoms with van der Waals surface area (Å²) in [5, 5.41) is 12.9. The molecule has 1 atom stereocenters. The lowest BCUT2D eigenvalue weighted by atomic mass is 10.1. The van der Waals surface area contributed by atoms with Gasteiger partial charge in [-0.05, 0) is 19.8 Å². The van der Waals surface area contributed by atoms with Crippen molar-refractivity contribution in [3.63, 3.8) is 0 Å². The van der Waals surface area contributed by atoms with Gasteiger partial charge in [-0.3, -0.25) is 4.99 Å². The van der Waals surface area contributed by atoms with E-state index in [1.165, 1.54) is 44.9 Å². The van der Waals surface area contributed by atoms with Crippen molar-refractivity contribution in [1.82, 2.24) is 10.2 Å². The minimum Gasteiger partial charge on any atom is -0.391 e. The number of hydrogen-bond acceptors (Lipinski definition) is 2. The highest BCUT2D eigenvalue weighted by molar-refractivity contribution is 5.80. The van der Waals surface area contributed by atoms with Gasteiger partial charge in [0.25, 0.3) is 0 Å². The van der Waals surface area contributed by atoms with Crippen LogP contribution in [0.4, 0.5) is 0 Å². The van der Waals surface area contributed by atoms with Crippen LogP contribution in [0, 0.1) is 0 Å². The molecule has 2 N–H and O–H groups in total. The molecule has 4 heteroatoms. The fraction of sp³-hybridized carbons (Fsp3) is 0.938. The predicted octanol–water partition coefficient (Wildman–Crippen LogP) is 2.77. The molecule has 1 saturated heterocycles. The maximum absolute atomic E-state index is 9.60. The van der Waals surface area contributed by atoms with Gasteiger partial charge in [-0.2, -0.15) is 0 Å². The lowest BCUT2D eigenvalue weighted by molar-refractivity contribution is 0.188. The van der Waals surface area contributed by atoms with E-state index in [-0.39, 0.29) is 6.10 Å². The summed E-state index contributed by atoms with van der Waals surface area (Å²) < 4.78 is 0. The Morgan fingerprint density at radius 2 is 1.85 bits per heavy atom. The van der Waals surface area contributed by atoms with Crippen molar-refractivity contribution in [2.45, 2.75) is 71.3 Å². The number of aliphatic hydroxyl groups excluding tert-OH is 1. The molecule has 0 aliphatic carbocycles. The molecule has 0 aromatic rings. The minimum atomic E-state index is -0.183. The van der Waals surface area contributed by atoms with Gasteiger partial charge in [-0.15, -0.1) is 0 Å². The van der Waals surface area contributed by atoms with Crippen LogP contribution in [0.5, 0.6) is 0 Å². The largest absolute Gasteiger partial charge is 0.391 e. The van der Waals surface area contributed by atoms with Crippen molar-refractivity contribution in [3.05, 3.63) is 0 Å². The first-order chi connectivity index (χ1) is 9.77. The first-order valence-electron chi connectivity index (χ1n) is 8.49. The Hall–Kier alpha value is -0.770. The molecule has 20 heavy (non-hydrogen) atoms. The van der Waals surface area contributed by atoms with Crippen LogP contribution in [-0.4, -0.2) is 48.2 Å². The third kappa shape index (κ3) is 7.13. The second kappa shape index (κ2) is 11.0. The molecule has 118 valence electrons. The number of guanidine groups is 1. The molecular weight excluding hydrogens is 250 g/mol. The van der Waals surface area contributed by atoms with Gasteiger partial charge in [0.15, 0.2) is 5.96 Å². The molecule has 0 radical (unpaired) electrons. The van der Waals surface area contributed by atoms with Gasteiger partial charge in [-0.25, -0.2) is 0 Å². The van der Waals surface area contributed by atoms with E-state index >= 15 is 0 Å². The van der Waals surface area contributed by atoms with Gasteiger partial charge in [0, 0.05) is 26.2 Å². The summed E-state index contributed by atoms with van der Waals surface area (Å²) in [5.41, 5.74) is 0. The maximum Gasteiger partial charge on any atom is 0.194 e.